The van der Waals surface area contributed by atoms with Crippen molar-refractivity contribution in [3.63, 3.8) is 0 Å². The van der Waals surface area contributed by atoms with Crippen molar-refractivity contribution in [2.75, 3.05) is 0 Å². The summed E-state index contributed by atoms with van der Waals surface area (Å²) in [5.74, 6) is 0. The minimum Gasteiger partial charge on any atom is -0.393 e. The van der Waals surface area contributed by atoms with Crippen molar-refractivity contribution in [2.24, 2.45) is 4.99 Å². The first kappa shape index (κ1) is 14.2. The van der Waals surface area contributed by atoms with Gasteiger partial charge >= 0.3 is 0 Å². The van der Waals surface area contributed by atoms with Gasteiger partial charge in [0.25, 0.3) is 0 Å². The molecule has 0 saturated carbocycles. The van der Waals surface area contributed by atoms with Crippen LogP contribution in [0.4, 0.5) is 0 Å². The maximum atomic E-state index is 12.6. The van der Waals surface area contributed by atoms with Gasteiger partial charge in [0.2, 0.25) is 0 Å². The average Bonchev–Trinajstić information content (AvgIpc) is 2.51. The second-order valence-corrected chi connectivity index (χ2v) is 5.95. The molecular weight excluding hydrogens is 240 g/mol. The Morgan fingerprint density at radius 1 is 1.26 bits per heavy atom. The van der Waals surface area contributed by atoms with Crippen LogP contribution < -0.4 is 0 Å². The van der Waals surface area contributed by atoms with Crippen LogP contribution in [0.2, 0.25) is 0 Å². The van der Waals surface area contributed by atoms with Crippen LogP contribution in [0.5, 0.6) is 0 Å². The molecule has 103 valence electrons. The Bertz CT molecular complexity index is 482. The van der Waals surface area contributed by atoms with Crippen LogP contribution in [0.1, 0.15) is 39.7 Å². The van der Waals surface area contributed by atoms with Gasteiger partial charge in [-0.15, -0.1) is 10.3 Å². The van der Waals surface area contributed by atoms with E-state index in [4.69, 9.17) is 0 Å². The van der Waals surface area contributed by atoms with E-state index in [0.717, 1.165) is 16.3 Å². The molecule has 0 bridgehead atoms. The summed E-state index contributed by atoms with van der Waals surface area (Å²) in [6.07, 6.45) is -0.230. The Kier molecular flexibility index (Phi) is 3.51. The molecular formula is C15H21N2O2. The van der Waals surface area contributed by atoms with Crippen LogP contribution >= 0.6 is 0 Å². The molecule has 4 heteroatoms. The molecule has 0 aliphatic carbocycles. The SMILES string of the molecule is CC(O)CC1(C)N=C(c2ccccc2)C(C)(C)N1[O]. The highest BCUT2D eigenvalue weighted by Crippen LogP contribution is 2.38. The summed E-state index contributed by atoms with van der Waals surface area (Å²) in [7, 11) is 0. The van der Waals surface area contributed by atoms with Crippen LogP contribution in [-0.2, 0) is 5.21 Å². The van der Waals surface area contributed by atoms with Crippen LogP contribution in [0.25, 0.3) is 0 Å². The summed E-state index contributed by atoms with van der Waals surface area (Å²) in [4.78, 5) is 4.63. The molecule has 0 fully saturated rings. The summed E-state index contributed by atoms with van der Waals surface area (Å²) < 4.78 is 0. The zero-order chi connectivity index (χ0) is 14.3. The van der Waals surface area contributed by atoms with Crippen molar-refractivity contribution in [1.29, 1.82) is 0 Å². The van der Waals surface area contributed by atoms with Gasteiger partial charge in [0.15, 0.2) is 0 Å². The predicted molar refractivity (Wildman–Crippen MR) is 74.3 cm³/mol. The molecule has 1 aliphatic rings. The standard InChI is InChI=1S/C15H21N2O2/c1-11(18)10-15(4)16-13(14(2,3)17(15)19)12-8-6-5-7-9-12/h5-9,11,18H,10H2,1-4H3. The lowest BCUT2D eigenvalue weighted by atomic mass is 9.92. The first-order valence-electron chi connectivity index (χ1n) is 6.59. The number of aliphatic hydroxyl groups excluding tert-OH is 1. The molecule has 1 aliphatic heterocycles. The van der Waals surface area contributed by atoms with E-state index >= 15 is 0 Å². The second-order valence-electron chi connectivity index (χ2n) is 5.95. The van der Waals surface area contributed by atoms with E-state index in [1.54, 1.807) is 13.8 Å². The Hall–Kier alpha value is -1.23. The van der Waals surface area contributed by atoms with Gasteiger partial charge in [0.1, 0.15) is 5.66 Å². The monoisotopic (exact) mass is 261 g/mol. The van der Waals surface area contributed by atoms with Crippen LogP contribution in [0.3, 0.4) is 0 Å². The Balaban J connectivity index is 2.45. The molecule has 0 spiro atoms. The van der Waals surface area contributed by atoms with Crippen molar-refractivity contribution >= 4 is 5.71 Å². The largest absolute Gasteiger partial charge is 0.393 e. The summed E-state index contributed by atoms with van der Waals surface area (Å²) in [6, 6.07) is 9.74. The number of aliphatic imine (C=N–C) groups is 1. The van der Waals surface area contributed by atoms with Gasteiger partial charge in [0, 0.05) is 6.42 Å². The van der Waals surface area contributed by atoms with Crippen molar-refractivity contribution in [2.45, 2.75) is 51.4 Å². The quantitative estimate of drug-likeness (QED) is 0.908. The van der Waals surface area contributed by atoms with Crippen molar-refractivity contribution in [1.82, 2.24) is 5.06 Å². The van der Waals surface area contributed by atoms with E-state index in [9.17, 15) is 10.3 Å². The number of rotatable bonds is 3. The van der Waals surface area contributed by atoms with Crippen molar-refractivity contribution < 1.29 is 10.3 Å². The highest BCUT2D eigenvalue weighted by Gasteiger charge is 2.51. The van der Waals surface area contributed by atoms with Crippen LogP contribution in [-0.4, -0.2) is 33.2 Å². The Labute approximate surface area is 114 Å². The molecule has 2 rings (SSSR count). The highest BCUT2D eigenvalue weighted by atomic mass is 16.5. The van der Waals surface area contributed by atoms with Gasteiger partial charge in [-0.1, -0.05) is 30.3 Å². The van der Waals surface area contributed by atoms with Crippen molar-refractivity contribution in [3.8, 4) is 0 Å². The molecule has 1 heterocycles. The van der Waals surface area contributed by atoms with E-state index in [-0.39, 0.29) is 0 Å². The zero-order valence-electron chi connectivity index (χ0n) is 11.9. The third-order valence-electron chi connectivity index (χ3n) is 3.61. The number of aliphatic hydroxyl groups is 1. The topological polar surface area (TPSA) is 55.7 Å². The number of benzene rings is 1. The molecule has 0 saturated heterocycles. The molecule has 1 aromatic carbocycles. The van der Waals surface area contributed by atoms with Gasteiger partial charge in [-0.25, -0.2) is 0 Å². The molecule has 1 N–H and O–H groups in total. The summed E-state index contributed by atoms with van der Waals surface area (Å²) >= 11 is 0. The van der Waals surface area contributed by atoms with Gasteiger partial charge in [-0.3, -0.25) is 4.99 Å². The fraction of sp³-hybridized carbons (Fsp3) is 0.533. The van der Waals surface area contributed by atoms with Gasteiger partial charge in [-0.05, 0) is 33.3 Å². The number of hydrogen-bond acceptors (Lipinski definition) is 3. The average molecular weight is 261 g/mol. The number of nitrogens with zero attached hydrogens (tertiary/aromatic N) is 2. The molecule has 1 radical (unpaired) electrons. The summed E-state index contributed by atoms with van der Waals surface area (Å²) in [5.41, 5.74) is 0.155. The molecule has 0 amide bonds. The molecule has 0 aromatic heterocycles. The van der Waals surface area contributed by atoms with E-state index < -0.39 is 17.3 Å². The third kappa shape index (κ3) is 2.43. The van der Waals surface area contributed by atoms with E-state index in [0.29, 0.717) is 6.42 Å². The fourth-order valence-electron chi connectivity index (χ4n) is 2.82. The maximum absolute atomic E-state index is 12.6. The second kappa shape index (κ2) is 4.71. The van der Waals surface area contributed by atoms with Crippen LogP contribution in [0.15, 0.2) is 35.3 Å². The lowest BCUT2D eigenvalue weighted by Gasteiger charge is -2.34. The lowest BCUT2D eigenvalue weighted by molar-refractivity contribution is -0.251. The Morgan fingerprint density at radius 2 is 1.84 bits per heavy atom. The molecule has 2 atom stereocenters. The summed E-state index contributed by atoms with van der Waals surface area (Å²) in [6.45, 7) is 7.21. The normalized spacial score (nSPS) is 28.2. The van der Waals surface area contributed by atoms with E-state index in [1.165, 1.54) is 0 Å². The molecule has 2 unspecified atom stereocenters. The van der Waals surface area contributed by atoms with Crippen molar-refractivity contribution in [3.05, 3.63) is 35.9 Å². The fourth-order valence-corrected chi connectivity index (χ4v) is 2.82. The number of hydroxylamine groups is 2. The molecule has 19 heavy (non-hydrogen) atoms. The number of hydrogen-bond donors (Lipinski definition) is 1. The third-order valence-corrected chi connectivity index (χ3v) is 3.61. The van der Waals surface area contributed by atoms with Gasteiger partial charge < -0.3 is 5.11 Å². The zero-order valence-corrected chi connectivity index (χ0v) is 11.9. The maximum Gasteiger partial charge on any atom is 0.139 e. The minimum absolute atomic E-state index is 0.330. The Morgan fingerprint density at radius 3 is 2.37 bits per heavy atom. The highest BCUT2D eigenvalue weighted by molar-refractivity contribution is 6.08. The van der Waals surface area contributed by atoms with E-state index in [1.807, 2.05) is 44.2 Å². The molecule has 1 aromatic rings. The van der Waals surface area contributed by atoms with Gasteiger partial charge in [-0.2, -0.15) is 0 Å². The predicted octanol–water partition coefficient (Wildman–Crippen LogP) is 2.40. The van der Waals surface area contributed by atoms with E-state index in [2.05, 4.69) is 4.99 Å². The molecule has 4 nitrogen and oxygen atoms in total. The lowest BCUT2D eigenvalue weighted by Crippen LogP contribution is -2.51. The van der Waals surface area contributed by atoms with Crippen LogP contribution in [0, 0.1) is 0 Å². The minimum atomic E-state index is -0.900. The van der Waals surface area contributed by atoms with Gasteiger partial charge in [0.05, 0.1) is 17.4 Å². The first-order valence-corrected chi connectivity index (χ1v) is 6.59. The summed E-state index contributed by atoms with van der Waals surface area (Å²) in [5, 5.41) is 23.2. The smallest absolute Gasteiger partial charge is 0.139 e. The first-order chi connectivity index (χ1) is 8.77.